The Balaban J connectivity index is 2.28. The van der Waals surface area contributed by atoms with Gasteiger partial charge in [-0.15, -0.1) is 0 Å². The van der Waals surface area contributed by atoms with Crippen molar-refractivity contribution in [2.24, 2.45) is 0 Å². The highest BCUT2D eigenvalue weighted by Crippen LogP contribution is 2.31. The zero-order valence-corrected chi connectivity index (χ0v) is 7.42. The van der Waals surface area contributed by atoms with E-state index in [1.54, 1.807) is 6.26 Å². The van der Waals surface area contributed by atoms with E-state index >= 15 is 0 Å². The van der Waals surface area contributed by atoms with Gasteiger partial charge < -0.3 is 4.42 Å². The van der Waals surface area contributed by atoms with Gasteiger partial charge in [0.15, 0.2) is 0 Å². The fourth-order valence-electron chi connectivity index (χ4n) is 1.48. The number of allylic oxidation sites excluding steroid dienone is 4. The van der Waals surface area contributed by atoms with Crippen molar-refractivity contribution in [1.29, 1.82) is 0 Å². The first-order valence-electron chi connectivity index (χ1n) is 4.18. The summed E-state index contributed by atoms with van der Waals surface area (Å²) in [6.07, 6.45) is 4.96. The molecule has 0 aromatic carbocycles. The number of furan rings is 1. The van der Waals surface area contributed by atoms with Gasteiger partial charge >= 0.3 is 0 Å². The van der Waals surface area contributed by atoms with Gasteiger partial charge in [-0.25, -0.2) is 0 Å². The van der Waals surface area contributed by atoms with Crippen LogP contribution in [-0.4, -0.2) is 0 Å². The molecule has 1 aliphatic rings. The first-order chi connectivity index (χ1) is 5.77. The summed E-state index contributed by atoms with van der Waals surface area (Å²) in [7, 11) is 0. The van der Waals surface area contributed by atoms with Crippen LogP contribution in [0.5, 0.6) is 0 Å². The lowest BCUT2D eigenvalue weighted by Gasteiger charge is -1.95. The Morgan fingerprint density at radius 2 is 2.17 bits per heavy atom. The largest absolute Gasteiger partial charge is 0.465 e. The summed E-state index contributed by atoms with van der Waals surface area (Å²) < 4.78 is 5.32. The molecule has 0 saturated heterocycles. The van der Waals surface area contributed by atoms with Crippen LogP contribution in [0.25, 0.3) is 5.57 Å². The minimum atomic E-state index is 1.01. The Labute approximate surface area is 72.4 Å². The lowest BCUT2D eigenvalue weighted by Crippen LogP contribution is -1.76. The molecule has 0 fully saturated rings. The van der Waals surface area contributed by atoms with Crippen LogP contribution in [-0.2, 0) is 0 Å². The van der Waals surface area contributed by atoms with E-state index in [2.05, 4.69) is 19.9 Å². The van der Waals surface area contributed by atoms with Crippen LogP contribution in [0.15, 0.2) is 40.0 Å². The minimum Gasteiger partial charge on any atom is -0.465 e. The van der Waals surface area contributed by atoms with Crippen LogP contribution < -0.4 is 0 Å². The molecule has 1 nitrogen and oxygen atoms in total. The number of rotatable bonds is 1. The van der Waals surface area contributed by atoms with E-state index in [0.29, 0.717) is 0 Å². The molecule has 1 aromatic heterocycles. The van der Waals surface area contributed by atoms with E-state index in [0.717, 1.165) is 12.2 Å². The fraction of sp³-hybridized carbons (Fsp3) is 0.273. The molecular formula is C11H12O. The van der Waals surface area contributed by atoms with Crippen LogP contribution in [0.3, 0.4) is 0 Å². The molecule has 0 aliphatic heterocycles. The molecule has 0 unspecified atom stereocenters. The summed E-state index contributed by atoms with van der Waals surface area (Å²) in [5.74, 6) is 1.01. The van der Waals surface area contributed by atoms with Crippen molar-refractivity contribution in [2.75, 3.05) is 0 Å². The normalized spacial score (nSPS) is 17.0. The summed E-state index contributed by atoms with van der Waals surface area (Å²) in [4.78, 5) is 0. The van der Waals surface area contributed by atoms with Crippen LogP contribution in [0.1, 0.15) is 26.0 Å². The molecule has 1 heteroatoms. The smallest absolute Gasteiger partial charge is 0.130 e. The molecule has 0 spiro atoms. The molecule has 2 rings (SSSR count). The third-order valence-corrected chi connectivity index (χ3v) is 2.36. The molecule has 12 heavy (non-hydrogen) atoms. The highest BCUT2D eigenvalue weighted by molar-refractivity contribution is 5.70. The maximum atomic E-state index is 5.32. The van der Waals surface area contributed by atoms with Crippen molar-refractivity contribution in [2.45, 2.75) is 20.3 Å². The topological polar surface area (TPSA) is 13.1 Å². The highest BCUT2D eigenvalue weighted by atomic mass is 16.3. The first-order valence-corrected chi connectivity index (χ1v) is 4.18. The quantitative estimate of drug-likeness (QED) is 0.613. The summed E-state index contributed by atoms with van der Waals surface area (Å²) in [6.45, 7) is 4.31. The monoisotopic (exact) mass is 160 g/mol. The fourth-order valence-corrected chi connectivity index (χ4v) is 1.48. The Morgan fingerprint density at radius 1 is 1.33 bits per heavy atom. The van der Waals surface area contributed by atoms with Crippen LogP contribution in [0.4, 0.5) is 0 Å². The average Bonchev–Trinajstić information content (AvgIpc) is 2.61. The van der Waals surface area contributed by atoms with E-state index in [1.165, 1.54) is 16.7 Å². The van der Waals surface area contributed by atoms with E-state index in [-0.39, 0.29) is 0 Å². The van der Waals surface area contributed by atoms with Crippen molar-refractivity contribution in [3.63, 3.8) is 0 Å². The van der Waals surface area contributed by atoms with Gasteiger partial charge in [0.05, 0.1) is 6.26 Å². The van der Waals surface area contributed by atoms with E-state index in [9.17, 15) is 0 Å². The van der Waals surface area contributed by atoms with Gasteiger partial charge in [-0.05, 0) is 38.0 Å². The van der Waals surface area contributed by atoms with Gasteiger partial charge in [0, 0.05) is 0 Å². The third kappa shape index (κ3) is 1.11. The highest BCUT2D eigenvalue weighted by Gasteiger charge is 2.12. The van der Waals surface area contributed by atoms with Crippen molar-refractivity contribution in [3.8, 4) is 0 Å². The Bertz CT molecular complexity index is 339. The molecule has 0 bridgehead atoms. The molecule has 0 atom stereocenters. The van der Waals surface area contributed by atoms with Gasteiger partial charge in [-0.2, -0.15) is 0 Å². The maximum Gasteiger partial charge on any atom is 0.130 e. The van der Waals surface area contributed by atoms with Crippen molar-refractivity contribution >= 4 is 5.57 Å². The van der Waals surface area contributed by atoms with E-state index in [1.807, 2.05) is 12.1 Å². The molecule has 1 heterocycles. The third-order valence-electron chi connectivity index (χ3n) is 2.36. The second-order valence-corrected chi connectivity index (χ2v) is 3.29. The summed E-state index contributed by atoms with van der Waals surface area (Å²) in [5.41, 5.74) is 4.12. The molecule has 0 radical (unpaired) electrons. The zero-order valence-electron chi connectivity index (χ0n) is 7.42. The zero-order chi connectivity index (χ0) is 8.55. The van der Waals surface area contributed by atoms with Crippen LogP contribution >= 0.6 is 0 Å². The number of hydrogen-bond acceptors (Lipinski definition) is 1. The van der Waals surface area contributed by atoms with Gasteiger partial charge in [0.1, 0.15) is 5.76 Å². The lowest BCUT2D eigenvalue weighted by molar-refractivity contribution is 0.551. The molecule has 62 valence electrons. The first kappa shape index (κ1) is 7.41. The molecular weight excluding hydrogens is 148 g/mol. The molecule has 1 aliphatic carbocycles. The standard InChI is InChI=1S/C11H12O/c1-8-6-10(7-9(8)2)11-4-3-5-12-11/h3-6H,7H2,1-2H3. The molecule has 1 aromatic rings. The summed E-state index contributed by atoms with van der Waals surface area (Å²) >= 11 is 0. The van der Waals surface area contributed by atoms with Crippen molar-refractivity contribution in [3.05, 3.63) is 41.4 Å². The minimum absolute atomic E-state index is 1.01. The Hall–Kier alpha value is -1.24. The second-order valence-electron chi connectivity index (χ2n) is 3.29. The lowest BCUT2D eigenvalue weighted by atomic mass is 10.1. The van der Waals surface area contributed by atoms with Crippen LogP contribution in [0, 0.1) is 0 Å². The number of hydrogen-bond donors (Lipinski definition) is 0. The Kier molecular flexibility index (Phi) is 1.65. The van der Waals surface area contributed by atoms with Crippen LogP contribution in [0.2, 0.25) is 0 Å². The summed E-state index contributed by atoms with van der Waals surface area (Å²) in [5, 5.41) is 0. The molecule has 0 N–H and O–H groups in total. The Morgan fingerprint density at radius 3 is 2.67 bits per heavy atom. The van der Waals surface area contributed by atoms with E-state index in [4.69, 9.17) is 4.42 Å². The van der Waals surface area contributed by atoms with Gasteiger partial charge in [0.2, 0.25) is 0 Å². The predicted molar refractivity (Wildman–Crippen MR) is 49.7 cm³/mol. The predicted octanol–water partition coefficient (Wildman–Crippen LogP) is 3.40. The average molecular weight is 160 g/mol. The second kappa shape index (κ2) is 2.67. The van der Waals surface area contributed by atoms with Crippen molar-refractivity contribution in [1.82, 2.24) is 0 Å². The molecule has 0 saturated carbocycles. The van der Waals surface area contributed by atoms with E-state index < -0.39 is 0 Å². The SMILES string of the molecule is CC1=C(C)CC(c2ccco2)=C1. The summed E-state index contributed by atoms with van der Waals surface area (Å²) in [6, 6.07) is 3.94. The molecule has 0 amide bonds. The van der Waals surface area contributed by atoms with Gasteiger partial charge in [-0.1, -0.05) is 17.2 Å². The van der Waals surface area contributed by atoms with Gasteiger partial charge in [0.25, 0.3) is 0 Å². The maximum absolute atomic E-state index is 5.32. The van der Waals surface area contributed by atoms with Crippen molar-refractivity contribution < 1.29 is 4.42 Å². The van der Waals surface area contributed by atoms with Gasteiger partial charge in [-0.3, -0.25) is 0 Å².